The first-order chi connectivity index (χ1) is 11.5. The van der Waals surface area contributed by atoms with Gasteiger partial charge in [0.25, 0.3) is 5.91 Å². The van der Waals surface area contributed by atoms with Crippen LogP contribution in [0.25, 0.3) is 0 Å². The minimum Gasteiger partial charge on any atom is -0.465 e. The van der Waals surface area contributed by atoms with Crippen LogP contribution in [0.1, 0.15) is 55.5 Å². The minimum absolute atomic E-state index is 0.0544. The second-order valence-corrected chi connectivity index (χ2v) is 7.14. The first kappa shape index (κ1) is 18.5. The lowest BCUT2D eigenvalue weighted by Gasteiger charge is -2.31. The molecule has 24 heavy (non-hydrogen) atoms. The molecule has 0 unspecified atom stereocenters. The zero-order chi connectivity index (χ0) is 17.5. The van der Waals surface area contributed by atoms with Crippen molar-refractivity contribution in [1.29, 1.82) is 0 Å². The van der Waals surface area contributed by atoms with Crippen molar-refractivity contribution in [3.05, 3.63) is 35.4 Å². The van der Waals surface area contributed by atoms with E-state index in [2.05, 4.69) is 13.8 Å². The molecule has 1 aliphatic rings. The van der Waals surface area contributed by atoms with E-state index in [9.17, 15) is 9.59 Å². The number of hydrogen-bond donors (Lipinski definition) is 0. The summed E-state index contributed by atoms with van der Waals surface area (Å²) in [6.07, 6.45) is 3.40. The van der Waals surface area contributed by atoms with Crippen molar-refractivity contribution < 1.29 is 14.3 Å². The van der Waals surface area contributed by atoms with E-state index in [4.69, 9.17) is 4.74 Å². The van der Waals surface area contributed by atoms with Crippen molar-refractivity contribution in [1.82, 2.24) is 4.90 Å². The van der Waals surface area contributed by atoms with Crippen LogP contribution >= 0.6 is 0 Å². The molecule has 1 saturated heterocycles. The zero-order valence-corrected chi connectivity index (χ0v) is 15.1. The Balaban J connectivity index is 1.75. The highest BCUT2D eigenvalue weighted by atomic mass is 16.5. The lowest BCUT2D eigenvalue weighted by molar-refractivity contribution is -0.150. The number of esters is 1. The molecule has 4 nitrogen and oxygen atoms in total. The lowest BCUT2D eigenvalue weighted by Crippen LogP contribution is -2.40. The predicted molar refractivity (Wildman–Crippen MR) is 94.8 cm³/mol. The number of carbonyl (C=O) groups excluding carboxylic acids is 2. The average Bonchev–Trinajstić information content (AvgIpc) is 2.58. The molecule has 0 N–H and O–H groups in total. The first-order valence-corrected chi connectivity index (χ1v) is 9.00. The van der Waals surface area contributed by atoms with Crippen molar-refractivity contribution in [2.45, 2.75) is 46.5 Å². The molecule has 1 heterocycles. The van der Waals surface area contributed by atoms with Gasteiger partial charge in [-0.2, -0.15) is 0 Å². The van der Waals surface area contributed by atoms with Gasteiger partial charge in [0.1, 0.15) is 0 Å². The number of benzene rings is 1. The zero-order valence-electron chi connectivity index (χ0n) is 15.1. The van der Waals surface area contributed by atoms with E-state index in [1.165, 1.54) is 0 Å². The minimum atomic E-state index is -0.0961. The largest absolute Gasteiger partial charge is 0.465 e. The Hall–Kier alpha value is -1.84. The van der Waals surface area contributed by atoms with E-state index in [-0.39, 0.29) is 17.8 Å². The Bertz CT molecular complexity index is 543. The molecule has 0 aliphatic carbocycles. The molecule has 0 radical (unpaired) electrons. The molecule has 1 aromatic carbocycles. The molecule has 1 aromatic rings. The summed E-state index contributed by atoms with van der Waals surface area (Å²) in [5.74, 6) is 0.533. The molecular formula is C20H29NO3. The second-order valence-electron chi connectivity index (χ2n) is 7.14. The summed E-state index contributed by atoms with van der Waals surface area (Å²) in [4.78, 5) is 26.4. The molecule has 2 rings (SSSR count). The van der Waals surface area contributed by atoms with E-state index < -0.39 is 0 Å². The van der Waals surface area contributed by atoms with Gasteiger partial charge in [-0.25, -0.2) is 0 Å². The maximum Gasteiger partial charge on any atom is 0.309 e. The molecule has 4 heteroatoms. The number of amides is 1. The molecule has 1 fully saturated rings. The summed E-state index contributed by atoms with van der Waals surface area (Å²) >= 11 is 0. The van der Waals surface area contributed by atoms with Gasteiger partial charge in [0.2, 0.25) is 0 Å². The average molecular weight is 331 g/mol. The fourth-order valence-electron chi connectivity index (χ4n) is 2.98. The summed E-state index contributed by atoms with van der Waals surface area (Å²) in [6.45, 7) is 8.11. The Kier molecular flexibility index (Phi) is 6.83. The third-order valence-electron chi connectivity index (χ3n) is 4.58. The van der Waals surface area contributed by atoms with Crippen LogP contribution in [0.2, 0.25) is 0 Å². The Morgan fingerprint density at radius 2 is 1.79 bits per heavy atom. The molecule has 0 aromatic heterocycles. The van der Waals surface area contributed by atoms with E-state index >= 15 is 0 Å². The van der Waals surface area contributed by atoms with Gasteiger partial charge in [-0.05, 0) is 50.7 Å². The van der Waals surface area contributed by atoms with Crippen LogP contribution in [-0.4, -0.2) is 36.5 Å². The van der Waals surface area contributed by atoms with Gasteiger partial charge in [-0.1, -0.05) is 31.5 Å². The first-order valence-electron chi connectivity index (χ1n) is 9.00. The summed E-state index contributed by atoms with van der Waals surface area (Å²) in [7, 11) is 0. The topological polar surface area (TPSA) is 46.6 Å². The number of hydrogen-bond acceptors (Lipinski definition) is 3. The van der Waals surface area contributed by atoms with Gasteiger partial charge in [0.05, 0.1) is 12.5 Å². The van der Waals surface area contributed by atoms with E-state index in [1.54, 1.807) is 0 Å². The predicted octanol–water partition coefficient (Wildman–Crippen LogP) is 3.83. The summed E-state index contributed by atoms with van der Waals surface area (Å²) in [5.41, 5.74) is 1.86. The number of piperidine rings is 1. The Morgan fingerprint density at radius 1 is 1.17 bits per heavy atom. The lowest BCUT2D eigenvalue weighted by atomic mass is 9.96. The number of ether oxygens (including phenoxy) is 1. The summed E-state index contributed by atoms with van der Waals surface area (Å²) in [5, 5.41) is 0. The molecule has 0 spiro atoms. The highest BCUT2D eigenvalue weighted by molar-refractivity contribution is 5.94. The Morgan fingerprint density at radius 3 is 2.38 bits per heavy atom. The van der Waals surface area contributed by atoms with Crippen molar-refractivity contribution in [3.8, 4) is 0 Å². The van der Waals surface area contributed by atoms with Crippen LogP contribution in [0.3, 0.4) is 0 Å². The highest BCUT2D eigenvalue weighted by Gasteiger charge is 2.28. The maximum atomic E-state index is 12.5. The van der Waals surface area contributed by atoms with E-state index in [1.807, 2.05) is 36.1 Å². The smallest absolute Gasteiger partial charge is 0.309 e. The SMILES string of the molecule is Cc1ccc(C(=O)N2CCC(C(=O)OCCCC(C)C)CC2)cc1. The number of rotatable bonds is 6. The molecular weight excluding hydrogens is 302 g/mol. The van der Waals surface area contributed by atoms with Gasteiger partial charge >= 0.3 is 5.97 Å². The monoisotopic (exact) mass is 331 g/mol. The van der Waals surface area contributed by atoms with Crippen LogP contribution in [0.4, 0.5) is 0 Å². The van der Waals surface area contributed by atoms with Gasteiger partial charge in [-0.3, -0.25) is 9.59 Å². The Labute approximate surface area is 145 Å². The van der Waals surface area contributed by atoms with Gasteiger partial charge in [0.15, 0.2) is 0 Å². The summed E-state index contributed by atoms with van der Waals surface area (Å²) in [6, 6.07) is 7.64. The van der Waals surface area contributed by atoms with Crippen LogP contribution in [0, 0.1) is 18.8 Å². The van der Waals surface area contributed by atoms with Crippen molar-refractivity contribution in [3.63, 3.8) is 0 Å². The second kappa shape index (κ2) is 8.86. The van der Waals surface area contributed by atoms with Crippen LogP contribution < -0.4 is 0 Å². The fraction of sp³-hybridized carbons (Fsp3) is 0.600. The summed E-state index contributed by atoms with van der Waals surface area (Å²) < 4.78 is 5.38. The van der Waals surface area contributed by atoms with Crippen molar-refractivity contribution in [2.24, 2.45) is 11.8 Å². The fourth-order valence-corrected chi connectivity index (χ4v) is 2.98. The third-order valence-corrected chi connectivity index (χ3v) is 4.58. The normalized spacial score (nSPS) is 15.6. The number of likely N-dealkylation sites (tertiary alicyclic amines) is 1. The standard InChI is InChI=1S/C20H29NO3/c1-15(2)5-4-14-24-20(23)18-10-12-21(13-11-18)19(22)17-8-6-16(3)7-9-17/h6-9,15,18H,4-5,10-14H2,1-3H3. The molecule has 132 valence electrons. The van der Waals surface area contributed by atoms with Crippen LogP contribution in [-0.2, 0) is 9.53 Å². The van der Waals surface area contributed by atoms with Crippen LogP contribution in [0.5, 0.6) is 0 Å². The molecule has 1 amide bonds. The quantitative estimate of drug-likeness (QED) is 0.588. The highest BCUT2D eigenvalue weighted by Crippen LogP contribution is 2.21. The van der Waals surface area contributed by atoms with Crippen LogP contribution in [0.15, 0.2) is 24.3 Å². The van der Waals surface area contributed by atoms with E-state index in [0.717, 1.165) is 24.0 Å². The molecule has 1 aliphatic heterocycles. The molecule has 0 bridgehead atoms. The molecule has 0 atom stereocenters. The van der Waals surface area contributed by atoms with Gasteiger partial charge in [0, 0.05) is 18.7 Å². The van der Waals surface area contributed by atoms with E-state index in [0.29, 0.717) is 38.5 Å². The van der Waals surface area contributed by atoms with Gasteiger partial charge < -0.3 is 9.64 Å². The number of carbonyl (C=O) groups is 2. The third kappa shape index (κ3) is 5.36. The van der Waals surface area contributed by atoms with Crippen molar-refractivity contribution >= 4 is 11.9 Å². The van der Waals surface area contributed by atoms with Crippen molar-refractivity contribution in [2.75, 3.05) is 19.7 Å². The number of aryl methyl sites for hydroxylation is 1. The van der Waals surface area contributed by atoms with Gasteiger partial charge in [-0.15, -0.1) is 0 Å². The maximum absolute atomic E-state index is 12.5. The molecule has 0 saturated carbocycles. The number of nitrogens with zero attached hydrogens (tertiary/aromatic N) is 1.